The van der Waals surface area contributed by atoms with Crippen LogP contribution in [0.5, 0.6) is 0 Å². The number of fused-ring (bicyclic) bond motifs is 1. The number of halogens is 2. The molecule has 8 heteroatoms. The van der Waals surface area contributed by atoms with Gasteiger partial charge in [-0.1, -0.05) is 0 Å². The Morgan fingerprint density at radius 3 is 3.04 bits per heavy atom. The van der Waals surface area contributed by atoms with Crippen molar-refractivity contribution in [3.05, 3.63) is 36.3 Å². The first-order valence-corrected chi connectivity index (χ1v) is 9.40. The van der Waals surface area contributed by atoms with Crippen LogP contribution in [0.25, 0.3) is 10.9 Å². The third-order valence-electron chi connectivity index (χ3n) is 5.43. The van der Waals surface area contributed by atoms with Gasteiger partial charge in [0.1, 0.15) is 23.5 Å². The predicted molar refractivity (Wildman–Crippen MR) is 101 cm³/mol. The number of aromatic nitrogens is 1. The van der Waals surface area contributed by atoms with Gasteiger partial charge in [0.15, 0.2) is 0 Å². The highest BCUT2D eigenvalue weighted by Crippen LogP contribution is 2.26. The fourth-order valence-corrected chi connectivity index (χ4v) is 4.04. The number of benzene rings is 1. The van der Waals surface area contributed by atoms with Crippen molar-refractivity contribution in [3.63, 3.8) is 0 Å². The Hall–Kier alpha value is -2.79. The normalized spacial score (nSPS) is 25.2. The summed E-state index contributed by atoms with van der Waals surface area (Å²) in [5, 5.41) is 13.3. The number of likely N-dealkylation sites (tertiary alicyclic amines) is 2. The molecule has 2 saturated heterocycles. The molecule has 2 aliphatic heterocycles. The van der Waals surface area contributed by atoms with Crippen molar-refractivity contribution < 1.29 is 13.6 Å². The second-order valence-corrected chi connectivity index (χ2v) is 7.38. The fourth-order valence-electron chi connectivity index (χ4n) is 4.04. The highest BCUT2D eigenvalue weighted by atomic mass is 19.1. The first-order valence-electron chi connectivity index (χ1n) is 9.40. The number of carbonyl (C=O) groups is 1. The summed E-state index contributed by atoms with van der Waals surface area (Å²) < 4.78 is 27.5. The first kappa shape index (κ1) is 18.6. The number of hydrogen-bond donors (Lipinski definition) is 1. The molecule has 0 unspecified atom stereocenters. The summed E-state index contributed by atoms with van der Waals surface area (Å²) in [6, 6.07) is 8.15. The van der Waals surface area contributed by atoms with Crippen LogP contribution < -0.4 is 5.32 Å². The van der Waals surface area contributed by atoms with E-state index < -0.39 is 12.2 Å². The van der Waals surface area contributed by atoms with Crippen LogP contribution in [0.2, 0.25) is 0 Å². The largest absolute Gasteiger partial charge is 0.380 e. The van der Waals surface area contributed by atoms with Crippen molar-refractivity contribution in [1.29, 1.82) is 5.26 Å². The Balaban J connectivity index is 1.38. The molecular weight excluding hydrogens is 364 g/mol. The van der Waals surface area contributed by atoms with E-state index in [1.54, 1.807) is 18.3 Å². The van der Waals surface area contributed by atoms with Gasteiger partial charge in [0, 0.05) is 42.8 Å². The Kier molecular flexibility index (Phi) is 5.09. The van der Waals surface area contributed by atoms with Crippen LogP contribution in [0, 0.1) is 17.1 Å². The maximum Gasteiger partial charge on any atom is 0.237 e. The average Bonchev–Trinajstić information content (AvgIpc) is 3.30. The van der Waals surface area contributed by atoms with E-state index in [1.165, 1.54) is 11.0 Å². The van der Waals surface area contributed by atoms with Gasteiger partial charge in [-0.15, -0.1) is 0 Å². The minimum atomic E-state index is -1.12. The summed E-state index contributed by atoms with van der Waals surface area (Å²) in [6.07, 6.45) is 1.37. The Morgan fingerprint density at radius 1 is 1.36 bits per heavy atom. The van der Waals surface area contributed by atoms with E-state index in [2.05, 4.69) is 10.3 Å². The third kappa shape index (κ3) is 3.62. The smallest absolute Gasteiger partial charge is 0.237 e. The molecule has 1 amide bonds. The van der Waals surface area contributed by atoms with Crippen molar-refractivity contribution in [3.8, 4) is 6.07 Å². The molecule has 1 aromatic carbocycles. The number of nitrogens with zero attached hydrogens (tertiary/aromatic N) is 4. The van der Waals surface area contributed by atoms with Crippen LogP contribution in [0.3, 0.4) is 0 Å². The van der Waals surface area contributed by atoms with Gasteiger partial charge in [0.25, 0.3) is 0 Å². The molecule has 0 saturated carbocycles. The molecule has 0 aliphatic carbocycles. The zero-order chi connectivity index (χ0) is 19.7. The van der Waals surface area contributed by atoms with Crippen LogP contribution in [0.1, 0.15) is 12.8 Å². The molecule has 28 heavy (non-hydrogen) atoms. The number of pyridine rings is 1. The van der Waals surface area contributed by atoms with Crippen LogP contribution in [-0.4, -0.2) is 65.1 Å². The molecule has 1 aromatic heterocycles. The standard InChI is InChI=1S/C20H21F2N5O/c21-13-8-15(9-23)27(10-13)19(28)12-26-7-5-14(11-26)25-18-4-3-17(22)20-16(18)2-1-6-24-20/h1-4,6,13-15,25H,5,7-8,10-12H2/t13-,14+,15-/m0/s1. The summed E-state index contributed by atoms with van der Waals surface area (Å²) in [4.78, 5) is 19.9. The van der Waals surface area contributed by atoms with Gasteiger partial charge in [-0.2, -0.15) is 5.26 Å². The zero-order valence-electron chi connectivity index (χ0n) is 15.3. The third-order valence-corrected chi connectivity index (χ3v) is 5.43. The Bertz CT molecular complexity index is 930. The van der Waals surface area contributed by atoms with Gasteiger partial charge in [0.05, 0.1) is 19.2 Å². The molecule has 3 atom stereocenters. The van der Waals surface area contributed by atoms with Gasteiger partial charge in [-0.3, -0.25) is 14.7 Å². The molecule has 146 valence electrons. The van der Waals surface area contributed by atoms with Crippen molar-refractivity contribution >= 4 is 22.5 Å². The zero-order valence-corrected chi connectivity index (χ0v) is 15.3. The van der Waals surface area contributed by atoms with Crippen LogP contribution in [0.4, 0.5) is 14.5 Å². The fraction of sp³-hybridized carbons (Fsp3) is 0.450. The molecule has 0 radical (unpaired) electrons. The highest BCUT2D eigenvalue weighted by Gasteiger charge is 2.36. The van der Waals surface area contributed by atoms with Crippen molar-refractivity contribution in [2.24, 2.45) is 0 Å². The summed E-state index contributed by atoms with van der Waals surface area (Å²) >= 11 is 0. The lowest BCUT2D eigenvalue weighted by atomic mass is 10.1. The SMILES string of the molecule is N#C[C@@H]1C[C@H](F)CN1C(=O)CN1CC[C@@H](Nc2ccc(F)c3ncccc23)C1. The van der Waals surface area contributed by atoms with Gasteiger partial charge >= 0.3 is 0 Å². The molecule has 6 nitrogen and oxygen atoms in total. The number of rotatable bonds is 4. The molecule has 4 rings (SSSR count). The van der Waals surface area contributed by atoms with Crippen molar-refractivity contribution in [1.82, 2.24) is 14.8 Å². The summed E-state index contributed by atoms with van der Waals surface area (Å²) in [6.45, 7) is 1.55. The van der Waals surface area contributed by atoms with E-state index in [-0.39, 0.29) is 37.3 Å². The second kappa shape index (κ2) is 7.68. The first-order chi connectivity index (χ1) is 13.5. The predicted octanol–water partition coefficient (Wildman–Crippen LogP) is 2.32. The lowest BCUT2D eigenvalue weighted by molar-refractivity contribution is -0.132. The van der Waals surface area contributed by atoms with E-state index >= 15 is 0 Å². The lowest BCUT2D eigenvalue weighted by Crippen LogP contribution is -2.42. The van der Waals surface area contributed by atoms with Crippen molar-refractivity contribution in [2.75, 3.05) is 31.5 Å². The Morgan fingerprint density at radius 2 is 2.21 bits per heavy atom. The highest BCUT2D eigenvalue weighted by molar-refractivity contribution is 5.91. The van der Waals surface area contributed by atoms with E-state index in [1.807, 2.05) is 17.0 Å². The van der Waals surface area contributed by atoms with Crippen LogP contribution >= 0.6 is 0 Å². The number of amides is 1. The number of carbonyl (C=O) groups excluding carboxylic acids is 1. The second-order valence-electron chi connectivity index (χ2n) is 7.38. The average molecular weight is 385 g/mol. The number of hydrogen-bond acceptors (Lipinski definition) is 5. The maximum atomic E-state index is 13.9. The van der Waals surface area contributed by atoms with Crippen LogP contribution in [0.15, 0.2) is 30.5 Å². The van der Waals surface area contributed by atoms with Gasteiger partial charge in [-0.05, 0) is 30.7 Å². The lowest BCUT2D eigenvalue weighted by Gasteiger charge is -2.23. The molecule has 1 N–H and O–H groups in total. The van der Waals surface area contributed by atoms with Crippen molar-refractivity contribution in [2.45, 2.75) is 31.1 Å². The van der Waals surface area contributed by atoms with E-state index in [0.29, 0.717) is 12.1 Å². The molecule has 0 bridgehead atoms. The monoisotopic (exact) mass is 385 g/mol. The van der Waals surface area contributed by atoms with Gasteiger partial charge < -0.3 is 10.2 Å². The topological polar surface area (TPSA) is 72.3 Å². The molecule has 0 spiro atoms. The minimum Gasteiger partial charge on any atom is -0.380 e. The van der Waals surface area contributed by atoms with E-state index in [0.717, 1.165) is 24.0 Å². The molecular formula is C20H21F2N5O. The molecule has 2 aromatic rings. The minimum absolute atomic E-state index is 0.00114. The number of alkyl halides is 1. The number of nitriles is 1. The number of nitrogens with one attached hydrogen (secondary N) is 1. The number of anilines is 1. The molecule has 3 heterocycles. The molecule has 2 aliphatic rings. The van der Waals surface area contributed by atoms with Gasteiger partial charge in [-0.25, -0.2) is 8.78 Å². The quantitative estimate of drug-likeness (QED) is 0.875. The Labute approximate surface area is 161 Å². The maximum absolute atomic E-state index is 13.9. The van der Waals surface area contributed by atoms with E-state index in [4.69, 9.17) is 5.26 Å². The summed E-state index contributed by atoms with van der Waals surface area (Å²) in [5.41, 5.74) is 1.14. The van der Waals surface area contributed by atoms with Crippen LogP contribution in [-0.2, 0) is 4.79 Å². The van der Waals surface area contributed by atoms with E-state index in [9.17, 15) is 13.6 Å². The summed E-state index contributed by atoms with van der Waals surface area (Å²) in [7, 11) is 0. The molecule has 2 fully saturated rings. The van der Waals surface area contributed by atoms with Gasteiger partial charge in [0.2, 0.25) is 5.91 Å². The summed E-state index contributed by atoms with van der Waals surface area (Å²) in [5.74, 6) is -0.563.